The van der Waals surface area contributed by atoms with Crippen molar-refractivity contribution in [2.75, 3.05) is 26.6 Å². The summed E-state index contributed by atoms with van der Waals surface area (Å²) >= 11 is 0. The number of methoxy groups -OCH3 is 3. The van der Waals surface area contributed by atoms with Crippen molar-refractivity contribution in [3.63, 3.8) is 0 Å². The van der Waals surface area contributed by atoms with Gasteiger partial charge in [-0.05, 0) is 20.3 Å². The van der Waals surface area contributed by atoms with E-state index in [1.807, 2.05) is 6.92 Å². The molecule has 0 spiro atoms. The van der Waals surface area contributed by atoms with Gasteiger partial charge >= 0.3 is 5.97 Å². The van der Waals surface area contributed by atoms with E-state index in [9.17, 15) is 9.59 Å². The van der Waals surface area contributed by atoms with Gasteiger partial charge in [-0.25, -0.2) is 4.79 Å². The number of hydrogen-bond acceptors (Lipinski definition) is 7. The third-order valence-corrected chi connectivity index (χ3v) is 3.99. The molecule has 0 fully saturated rings. The van der Waals surface area contributed by atoms with E-state index in [2.05, 4.69) is 10.5 Å². The number of amides is 1. The summed E-state index contributed by atoms with van der Waals surface area (Å²) in [5.74, 6) is 0.591. The Hall–Kier alpha value is -3.03. The van der Waals surface area contributed by atoms with Gasteiger partial charge in [0.2, 0.25) is 5.91 Å². The Morgan fingerprint density at radius 3 is 2.31 bits per heavy atom. The average Bonchev–Trinajstić information content (AvgIpc) is 2.96. The monoisotopic (exact) mass is 362 g/mol. The smallest absolute Gasteiger partial charge is 0.340 e. The molecular weight excluding hydrogens is 340 g/mol. The highest BCUT2D eigenvalue weighted by atomic mass is 16.5. The lowest BCUT2D eigenvalue weighted by molar-refractivity contribution is -0.116. The van der Waals surface area contributed by atoms with Gasteiger partial charge in [-0.2, -0.15) is 0 Å². The van der Waals surface area contributed by atoms with E-state index in [1.54, 1.807) is 6.92 Å². The van der Waals surface area contributed by atoms with Crippen LogP contribution in [0.25, 0.3) is 0 Å². The number of nitrogens with one attached hydrogen (secondary N) is 1. The zero-order valence-electron chi connectivity index (χ0n) is 15.5. The summed E-state index contributed by atoms with van der Waals surface area (Å²) < 4.78 is 20.3. The highest BCUT2D eigenvalue weighted by Gasteiger charge is 2.19. The number of carbonyl (C=O) groups is 2. The van der Waals surface area contributed by atoms with E-state index in [0.29, 0.717) is 29.4 Å². The predicted molar refractivity (Wildman–Crippen MR) is 93.8 cm³/mol. The van der Waals surface area contributed by atoms with Crippen LogP contribution in [-0.4, -0.2) is 38.4 Å². The van der Waals surface area contributed by atoms with Gasteiger partial charge in [0.1, 0.15) is 5.76 Å². The minimum atomic E-state index is -0.591. The number of rotatable bonds is 7. The van der Waals surface area contributed by atoms with Crippen LogP contribution < -0.4 is 14.8 Å². The molecule has 140 valence electrons. The first-order valence-electron chi connectivity index (χ1n) is 7.97. The number of ether oxygens (including phenoxy) is 3. The van der Waals surface area contributed by atoms with Crippen molar-refractivity contribution in [2.45, 2.75) is 26.7 Å². The molecule has 26 heavy (non-hydrogen) atoms. The summed E-state index contributed by atoms with van der Waals surface area (Å²) in [6.07, 6.45) is 0.686. The maximum atomic E-state index is 12.4. The van der Waals surface area contributed by atoms with Gasteiger partial charge in [0.15, 0.2) is 11.5 Å². The van der Waals surface area contributed by atoms with Crippen molar-refractivity contribution in [2.24, 2.45) is 0 Å². The number of carbonyl (C=O) groups excluding carboxylic acids is 2. The minimum Gasteiger partial charge on any atom is -0.493 e. The second-order valence-corrected chi connectivity index (χ2v) is 5.60. The number of anilines is 1. The minimum absolute atomic E-state index is 0.177. The fourth-order valence-electron chi connectivity index (χ4n) is 2.57. The van der Waals surface area contributed by atoms with Gasteiger partial charge in [0, 0.05) is 24.1 Å². The second-order valence-electron chi connectivity index (χ2n) is 5.60. The highest BCUT2D eigenvalue weighted by molar-refractivity contribution is 6.02. The molecule has 0 aliphatic rings. The Morgan fingerprint density at radius 2 is 1.77 bits per heavy atom. The molecule has 2 aromatic rings. The molecule has 1 amide bonds. The van der Waals surface area contributed by atoms with E-state index in [-0.39, 0.29) is 17.9 Å². The van der Waals surface area contributed by atoms with Crippen molar-refractivity contribution in [3.05, 3.63) is 34.7 Å². The average molecular weight is 362 g/mol. The topological polar surface area (TPSA) is 99.9 Å². The molecule has 0 unspecified atom stereocenters. The molecule has 2 rings (SSSR count). The Balaban J connectivity index is 2.21. The van der Waals surface area contributed by atoms with Crippen molar-refractivity contribution >= 4 is 17.6 Å². The Labute approximate surface area is 151 Å². The number of nitrogens with zero attached hydrogens (tertiary/aromatic N) is 1. The number of benzene rings is 1. The van der Waals surface area contributed by atoms with E-state index < -0.39 is 5.97 Å². The molecule has 0 aliphatic heterocycles. The van der Waals surface area contributed by atoms with Crippen molar-refractivity contribution in [3.8, 4) is 11.5 Å². The molecule has 8 nitrogen and oxygen atoms in total. The number of hydrogen-bond donors (Lipinski definition) is 1. The fourth-order valence-corrected chi connectivity index (χ4v) is 2.57. The van der Waals surface area contributed by atoms with Crippen molar-refractivity contribution in [1.29, 1.82) is 0 Å². The largest absolute Gasteiger partial charge is 0.493 e. The van der Waals surface area contributed by atoms with Gasteiger partial charge in [0.25, 0.3) is 0 Å². The van der Waals surface area contributed by atoms with Gasteiger partial charge in [-0.3, -0.25) is 4.79 Å². The lowest BCUT2D eigenvalue weighted by Crippen LogP contribution is -2.16. The van der Waals surface area contributed by atoms with Crippen LogP contribution >= 0.6 is 0 Å². The molecule has 0 bridgehead atoms. The molecule has 0 saturated carbocycles. The summed E-state index contributed by atoms with van der Waals surface area (Å²) in [4.78, 5) is 24.4. The van der Waals surface area contributed by atoms with Crippen molar-refractivity contribution in [1.82, 2.24) is 5.16 Å². The molecule has 0 saturated heterocycles. The zero-order chi connectivity index (χ0) is 19.3. The second kappa shape index (κ2) is 8.37. The number of esters is 1. The van der Waals surface area contributed by atoms with Crippen LogP contribution in [0, 0.1) is 13.8 Å². The van der Waals surface area contributed by atoms with Gasteiger partial charge in [-0.15, -0.1) is 0 Å². The van der Waals surface area contributed by atoms with E-state index in [0.717, 1.165) is 11.3 Å². The standard InChI is InChI=1S/C18H22N2O6/c1-10-12(11(2)26-20-10)6-7-17(21)19-14-9-16(24-4)15(23-3)8-13(14)18(22)25-5/h8-9H,6-7H2,1-5H3,(H,19,21). The van der Waals surface area contributed by atoms with Gasteiger partial charge in [0.05, 0.1) is 38.3 Å². The van der Waals surface area contributed by atoms with Crippen LogP contribution in [0.3, 0.4) is 0 Å². The Kier molecular flexibility index (Phi) is 6.21. The molecule has 1 aromatic heterocycles. The van der Waals surface area contributed by atoms with Crippen LogP contribution in [0.2, 0.25) is 0 Å². The first kappa shape index (κ1) is 19.3. The first-order valence-corrected chi connectivity index (χ1v) is 7.97. The fraction of sp³-hybridized carbons (Fsp3) is 0.389. The molecule has 0 radical (unpaired) electrons. The Morgan fingerprint density at radius 1 is 1.12 bits per heavy atom. The third-order valence-electron chi connectivity index (χ3n) is 3.99. The molecule has 1 heterocycles. The Bertz CT molecular complexity index is 793. The lowest BCUT2D eigenvalue weighted by Gasteiger charge is -2.14. The van der Waals surface area contributed by atoms with Crippen LogP contribution in [0.1, 0.15) is 33.8 Å². The quantitative estimate of drug-likeness (QED) is 0.756. The van der Waals surface area contributed by atoms with Gasteiger partial charge < -0.3 is 24.1 Å². The van der Waals surface area contributed by atoms with Crippen molar-refractivity contribution < 1.29 is 28.3 Å². The summed E-state index contributed by atoms with van der Waals surface area (Å²) in [7, 11) is 4.20. The molecule has 1 N–H and O–H groups in total. The van der Waals surface area contributed by atoms with Gasteiger partial charge in [-0.1, -0.05) is 5.16 Å². The SMILES string of the molecule is COC(=O)c1cc(OC)c(OC)cc1NC(=O)CCc1c(C)noc1C. The zero-order valence-corrected chi connectivity index (χ0v) is 15.5. The van der Waals surface area contributed by atoms with E-state index in [1.165, 1.54) is 33.5 Å². The summed E-state index contributed by atoms with van der Waals surface area (Å²) in [5, 5.41) is 6.60. The van der Waals surface area contributed by atoms with E-state index in [4.69, 9.17) is 18.7 Å². The van der Waals surface area contributed by atoms with Crippen LogP contribution in [-0.2, 0) is 16.0 Å². The molecule has 1 aromatic carbocycles. The highest BCUT2D eigenvalue weighted by Crippen LogP contribution is 2.34. The first-order chi connectivity index (χ1) is 12.4. The van der Waals surface area contributed by atoms with Crippen LogP contribution in [0.5, 0.6) is 11.5 Å². The maximum absolute atomic E-state index is 12.4. The maximum Gasteiger partial charge on any atom is 0.340 e. The predicted octanol–water partition coefficient (Wildman–Crippen LogP) is 2.67. The molecule has 0 aliphatic carbocycles. The normalized spacial score (nSPS) is 10.3. The molecule has 8 heteroatoms. The number of aromatic nitrogens is 1. The summed E-state index contributed by atoms with van der Waals surface area (Å²) in [5.41, 5.74) is 2.13. The third kappa shape index (κ3) is 4.14. The summed E-state index contributed by atoms with van der Waals surface area (Å²) in [6.45, 7) is 3.63. The van der Waals surface area contributed by atoms with E-state index >= 15 is 0 Å². The molecular formula is C18H22N2O6. The number of aryl methyl sites for hydroxylation is 2. The van der Waals surface area contributed by atoms with Crippen LogP contribution in [0.4, 0.5) is 5.69 Å². The van der Waals surface area contributed by atoms with Crippen LogP contribution in [0.15, 0.2) is 16.7 Å². The molecule has 0 atom stereocenters. The summed E-state index contributed by atoms with van der Waals surface area (Å²) in [6, 6.07) is 2.99. The lowest BCUT2D eigenvalue weighted by atomic mass is 10.1.